The van der Waals surface area contributed by atoms with E-state index in [-0.39, 0.29) is 18.4 Å². The van der Waals surface area contributed by atoms with Gasteiger partial charge in [-0.25, -0.2) is 0 Å². The second-order valence-electron chi connectivity index (χ2n) is 3.65. The molecule has 0 radical (unpaired) electrons. The molecule has 1 aromatic rings. The predicted octanol–water partition coefficient (Wildman–Crippen LogP) is 3.37. The molecule has 1 aromatic carbocycles. The van der Waals surface area contributed by atoms with Crippen LogP contribution in [0.4, 0.5) is 0 Å². The first-order valence-corrected chi connectivity index (χ1v) is 8.09. The molecule has 0 aromatic heterocycles. The van der Waals surface area contributed by atoms with Crippen molar-refractivity contribution in [1.82, 2.24) is 0 Å². The zero-order valence-electron chi connectivity index (χ0n) is 11.1. The Morgan fingerprint density at radius 3 is 2.16 bits per heavy atom. The van der Waals surface area contributed by atoms with Gasteiger partial charge in [-0.1, -0.05) is 30.3 Å². The van der Waals surface area contributed by atoms with Gasteiger partial charge in [0.25, 0.3) is 0 Å². The minimum atomic E-state index is -0.389. The van der Waals surface area contributed by atoms with Crippen LogP contribution in [0.5, 0.6) is 0 Å². The number of rotatable bonds is 6. The third-order valence-electron chi connectivity index (χ3n) is 2.35. The molecular weight excluding hydrogens is 280 g/mol. The molecule has 0 bridgehead atoms. The van der Waals surface area contributed by atoms with Crippen molar-refractivity contribution in [2.75, 3.05) is 19.1 Å². The van der Waals surface area contributed by atoms with Gasteiger partial charge in [-0.05, 0) is 12.5 Å². The molecular formula is C14H16O3S2. The van der Waals surface area contributed by atoms with E-state index in [2.05, 4.69) is 0 Å². The second-order valence-corrected chi connectivity index (χ2v) is 5.54. The summed E-state index contributed by atoms with van der Waals surface area (Å²) in [5.74, 6) is -0.486. The lowest BCUT2D eigenvalue weighted by Crippen LogP contribution is -2.13. The van der Waals surface area contributed by atoms with Gasteiger partial charge in [0.2, 0.25) is 0 Å². The molecule has 5 heteroatoms. The number of ketones is 1. The molecule has 0 aliphatic heterocycles. The van der Waals surface area contributed by atoms with Crippen LogP contribution in [0.1, 0.15) is 17.3 Å². The first kappa shape index (κ1) is 15.9. The molecule has 0 fully saturated rings. The molecule has 0 spiro atoms. The van der Waals surface area contributed by atoms with E-state index in [0.29, 0.717) is 11.1 Å². The number of carbonyl (C=O) groups excluding carboxylic acids is 2. The average molecular weight is 296 g/mol. The lowest BCUT2D eigenvalue weighted by Gasteiger charge is -2.11. The van der Waals surface area contributed by atoms with Crippen LogP contribution >= 0.6 is 23.5 Å². The fraction of sp³-hybridized carbons (Fsp3) is 0.286. The quantitative estimate of drug-likeness (QED) is 0.457. The number of hydrogen-bond donors (Lipinski definition) is 0. The maximum absolute atomic E-state index is 12.4. The molecule has 0 atom stereocenters. The Bertz CT molecular complexity index is 475. The van der Waals surface area contributed by atoms with Crippen molar-refractivity contribution in [2.45, 2.75) is 6.92 Å². The highest BCUT2D eigenvalue weighted by Gasteiger charge is 2.18. The first-order valence-electron chi connectivity index (χ1n) is 5.64. The molecule has 1 rings (SSSR count). The largest absolute Gasteiger partial charge is 0.461 e. The summed E-state index contributed by atoms with van der Waals surface area (Å²) in [5, 5.41) is 0. The third-order valence-corrected chi connectivity index (χ3v) is 4.58. The zero-order chi connectivity index (χ0) is 14.3. The van der Waals surface area contributed by atoms with Crippen LogP contribution in [0.25, 0.3) is 0 Å². The molecule has 3 nitrogen and oxygen atoms in total. The van der Waals surface area contributed by atoms with Gasteiger partial charge in [0, 0.05) is 12.5 Å². The van der Waals surface area contributed by atoms with E-state index in [0.717, 1.165) is 4.24 Å². The van der Waals surface area contributed by atoms with Crippen LogP contribution in [-0.2, 0) is 9.53 Å². The summed E-state index contributed by atoms with van der Waals surface area (Å²) in [5.41, 5.74) is 1.13. The molecule has 0 saturated carbocycles. The lowest BCUT2D eigenvalue weighted by atomic mass is 10.1. The maximum Gasteiger partial charge on any atom is 0.302 e. The Morgan fingerprint density at radius 1 is 1.11 bits per heavy atom. The smallest absolute Gasteiger partial charge is 0.302 e. The number of ether oxygens (including phenoxy) is 1. The minimum absolute atomic E-state index is 0.0140. The fourth-order valence-corrected chi connectivity index (χ4v) is 2.95. The Morgan fingerprint density at radius 2 is 1.68 bits per heavy atom. The molecule has 0 N–H and O–H groups in total. The van der Waals surface area contributed by atoms with Crippen molar-refractivity contribution in [1.29, 1.82) is 0 Å². The van der Waals surface area contributed by atoms with Gasteiger partial charge < -0.3 is 4.74 Å². The summed E-state index contributed by atoms with van der Waals surface area (Å²) in [6.45, 7) is 1.35. The SMILES string of the molecule is CSC(SC)=C(COC(C)=O)C(=O)c1ccccc1. The van der Waals surface area contributed by atoms with E-state index in [9.17, 15) is 9.59 Å². The Labute approximate surface area is 121 Å². The summed E-state index contributed by atoms with van der Waals surface area (Å²) in [7, 11) is 0. The minimum Gasteiger partial charge on any atom is -0.461 e. The molecule has 0 amide bonds. The fourth-order valence-electron chi connectivity index (χ4n) is 1.48. The zero-order valence-corrected chi connectivity index (χ0v) is 12.8. The van der Waals surface area contributed by atoms with Crippen molar-refractivity contribution in [3.05, 3.63) is 45.7 Å². The maximum atomic E-state index is 12.4. The van der Waals surface area contributed by atoms with E-state index in [4.69, 9.17) is 4.74 Å². The van der Waals surface area contributed by atoms with E-state index in [1.807, 2.05) is 30.7 Å². The van der Waals surface area contributed by atoms with Crippen molar-refractivity contribution < 1.29 is 14.3 Å². The summed E-state index contributed by atoms with van der Waals surface area (Å²) in [6, 6.07) is 9.00. The van der Waals surface area contributed by atoms with Crippen LogP contribution in [0, 0.1) is 0 Å². The van der Waals surface area contributed by atoms with Gasteiger partial charge >= 0.3 is 5.97 Å². The van der Waals surface area contributed by atoms with Crippen molar-refractivity contribution in [3.8, 4) is 0 Å². The number of benzene rings is 1. The predicted molar refractivity (Wildman–Crippen MR) is 81.5 cm³/mol. The van der Waals surface area contributed by atoms with Crippen LogP contribution in [-0.4, -0.2) is 30.9 Å². The van der Waals surface area contributed by atoms with Crippen LogP contribution < -0.4 is 0 Å². The van der Waals surface area contributed by atoms with E-state index in [1.54, 1.807) is 12.1 Å². The lowest BCUT2D eigenvalue weighted by molar-refractivity contribution is -0.139. The van der Waals surface area contributed by atoms with Gasteiger partial charge in [-0.2, -0.15) is 0 Å². The van der Waals surface area contributed by atoms with Crippen molar-refractivity contribution >= 4 is 35.3 Å². The third kappa shape index (κ3) is 4.76. The number of hydrogen-bond acceptors (Lipinski definition) is 5. The molecule has 0 saturated heterocycles. The second kappa shape index (κ2) is 8.07. The molecule has 0 heterocycles. The average Bonchev–Trinajstić information content (AvgIpc) is 2.43. The molecule has 0 aliphatic rings. The summed E-state index contributed by atoms with van der Waals surface area (Å²) >= 11 is 2.97. The Balaban J connectivity index is 3.06. The number of Topliss-reactive ketones (excluding diaryl/α,β-unsaturated/α-hetero) is 1. The van der Waals surface area contributed by atoms with E-state index >= 15 is 0 Å². The highest BCUT2D eigenvalue weighted by atomic mass is 32.2. The van der Waals surface area contributed by atoms with Crippen LogP contribution in [0.15, 0.2) is 40.1 Å². The number of thioether (sulfide) groups is 2. The molecule has 0 aliphatic carbocycles. The number of carbonyl (C=O) groups is 2. The summed E-state index contributed by atoms with van der Waals surface area (Å²) in [6.07, 6.45) is 3.80. The molecule has 19 heavy (non-hydrogen) atoms. The highest BCUT2D eigenvalue weighted by molar-refractivity contribution is 8.21. The normalized spacial score (nSPS) is 9.84. The summed E-state index contributed by atoms with van der Waals surface area (Å²) < 4.78 is 5.86. The summed E-state index contributed by atoms with van der Waals surface area (Å²) in [4.78, 5) is 23.4. The Hall–Kier alpha value is -1.20. The standard InChI is InChI=1S/C14H16O3S2/c1-10(15)17-9-12(14(18-2)19-3)13(16)11-7-5-4-6-8-11/h4-8H,9H2,1-3H3. The van der Waals surface area contributed by atoms with Crippen LogP contribution in [0.2, 0.25) is 0 Å². The van der Waals surface area contributed by atoms with Gasteiger partial charge in [0.1, 0.15) is 6.61 Å². The first-order chi connectivity index (χ1) is 9.10. The highest BCUT2D eigenvalue weighted by Crippen LogP contribution is 2.29. The van der Waals surface area contributed by atoms with Gasteiger partial charge in [0.15, 0.2) is 5.78 Å². The van der Waals surface area contributed by atoms with Crippen molar-refractivity contribution in [2.24, 2.45) is 0 Å². The molecule has 102 valence electrons. The topological polar surface area (TPSA) is 43.4 Å². The molecule has 0 unspecified atom stereocenters. The van der Waals surface area contributed by atoms with Crippen molar-refractivity contribution in [3.63, 3.8) is 0 Å². The number of esters is 1. The van der Waals surface area contributed by atoms with Gasteiger partial charge in [0.05, 0.1) is 9.81 Å². The van der Waals surface area contributed by atoms with Gasteiger partial charge in [-0.3, -0.25) is 9.59 Å². The monoisotopic (exact) mass is 296 g/mol. The van der Waals surface area contributed by atoms with E-state index < -0.39 is 0 Å². The van der Waals surface area contributed by atoms with Gasteiger partial charge in [-0.15, -0.1) is 23.5 Å². The van der Waals surface area contributed by atoms with E-state index in [1.165, 1.54) is 30.4 Å². The Kier molecular flexibility index (Phi) is 6.73. The van der Waals surface area contributed by atoms with Crippen LogP contribution in [0.3, 0.4) is 0 Å².